The number of aryl methyl sites for hydroxylation is 2. The van der Waals surface area contributed by atoms with Gasteiger partial charge in [-0.2, -0.15) is 0 Å². The van der Waals surface area contributed by atoms with Crippen LogP contribution in [0.15, 0.2) is 6.07 Å². The lowest BCUT2D eigenvalue weighted by atomic mass is 9.89. The minimum Gasteiger partial charge on any atom is -0.396 e. The molecule has 0 bridgehead atoms. The molecule has 2 N–H and O–H groups in total. The summed E-state index contributed by atoms with van der Waals surface area (Å²) in [5, 5.41) is 12.8. The molecule has 2 nitrogen and oxygen atoms in total. The van der Waals surface area contributed by atoms with Gasteiger partial charge in [0.2, 0.25) is 0 Å². The van der Waals surface area contributed by atoms with Crippen LogP contribution in [0, 0.1) is 5.41 Å². The van der Waals surface area contributed by atoms with Crippen molar-refractivity contribution in [1.82, 2.24) is 5.32 Å². The van der Waals surface area contributed by atoms with E-state index in [0.29, 0.717) is 0 Å². The fraction of sp³-hybridized carbons (Fsp3) is 0.714. The molecule has 1 aliphatic rings. The van der Waals surface area contributed by atoms with Crippen LogP contribution in [0.25, 0.3) is 0 Å². The van der Waals surface area contributed by atoms with Gasteiger partial charge in [0.05, 0.1) is 0 Å². The number of aliphatic hydroxyl groups is 1. The Morgan fingerprint density at radius 3 is 2.94 bits per heavy atom. The number of hydrogen-bond donors (Lipinski definition) is 2. The molecule has 3 heteroatoms. The van der Waals surface area contributed by atoms with Gasteiger partial charge in [0.25, 0.3) is 0 Å². The summed E-state index contributed by atoms with van der Waals surface area (Å²) in [5.74, 6) is 0. The van der Waals surface area contributed by atoms with E-state index in [1.807, 2.05) is 11.3 Å². The molecule has 1 aromatic heterocycles. The summed E-state index contributed by atoms with van der Waals surface area (Å²) < 4.78 is 0. The van der Waals surface area contributed by atoms with Gasteiger partial charge >= 0.3 is 0 Å². The summed E-state index contributed by atoms with van der Waals surface area (Å²) in [6.45, 7) is 6.37. The number of thiophene rings is 1. The van der Waals surface area contributed by atoms with E-state index in [1.54, 1.807) is 10.4 Å². The third-order valence-electron chi connectivity index (χ3n) is 3.88. The van der Waals surface area contributed by atoms with Crippen molar-refractivity contribution in [3.63, 3.8) is 0 Å². The maximum absolute atomic E-state index is 9.34. The first-order valence-electron chi connectivity index (χ1n) is 6.59. The summed E-state index contributed by atoms with van der Waals surface area (Å²) in [6, 6.07) is 2.36. The lowest BCUT2D eigenvalue weighted by molar-refractivity contribution is 0.135. The topological polar surface area (TPSA) is 32.3 Å². The first kappa shape index (κ1) is 13.1. The highest BCUT2D eigenvalue weighted by molar-refractivity contribution is 7.12. The molecule has 96 valence electrons. The van der Waals surface area contributed by atoms with Crippen LogP contribution in [0.5, 0.6) is 0 Å². The Balaban J connectivity index is 1.82. The van der Waals surface area contributed by atoms with Crippen LogP contribution in [0.2, 0.25) is 0 Å². The van der Waals surface area contributed by atoms with Gasteiger partial charge in [-0.1, -0.05) is 13.8 Å². The van der Waals surface area contributed by atoms with Crippen LogP contribution < -0.4 is 5.32 Å². The van der Waals surface area contributed by atoms with Gasteiger partial charge in [0.15, 0.2) is 0 Å². The van der Waals surface area contributed by atoms with Crippen LogP contribution in [0.3, 0.4) is 0 Å². The highest BCUT2D eigenvalue weighted by Crippen LogP contribution is 2.30. The molecule has 0 saturated carbocycles. The van der Waals surface area contributed by atoms with E-state index in [2.05, 4.69) is 25.2 Å². The normalized spacial score (nSPS) is 18.1. The smallest absolute Gasteiger partial charge is 0.0496 e. The molecule has 1 atom stereocenters. The largest absolute Gasteiger partial charge is 0.396 e. The lowest BCUT2D eigenvalue weighted by Crippen LogP contribution is -2.33. The Hall–Kier alpha value is -0.380. The first-order valence-corrected chi connectivity index (χ1v) is 7.40. The van der Waals surface area contributed by atoms with Crippen molar-refractivity contribution in [3.05, 3.63) is 21.4 Å². The van der Waals surface area contributed by atoms with Gasteiger partial charge in [0.1, 0.15) is 0 Å². The molecule has 17 heavy (non-hydrogen) atoms. The highest BCUT2D eigenvalue weighted by atomic mass is 32.1. The Morgan fingerprint density at radius 1 is 1.47 bits per heavy atom. The summed E-state index contributed by atoms with van der Waals surface area (Å²) in [7, 11) is 0. The van der Waals surface area contributed by atoms with Gasteiger partial charge < -0.3 is 10.4 Å². The van der Waals surface area contributed by atoms with Crippen LogP contribution in [-0.4, -0.2) is 18.3 Å². The van der Waals surface area contributed by atoms with Crippen LogP contribution >= 0.6 is 11.3 Å². The van der Waals surface area contributed by atoms with E-state index in [0.717, 1.165) is 19.5 Å². The van der Waals surface area contributed by atoms with E-state index in [4.69, 9.17) is 0 Å². The maximum Gasteiger partial charge on any atom is 0.0496 e. The minimum absolute atomic E-state index is 0.0278. The molecule has 0 fully saturated rings. The lowest BCUT2D eigenvalue weighted by Gasteiger charge is -2.25. The van der Waals surface area contributed by atoms with Gasteiger partial charge in [-0.3, -0.25) is 0 Å². The monoisotopic (exact) mass is 253 g/mol. The summed E-state index contributed by atoms with van der Waals surface area (Å²) in [6.07, 6.45) is 4.91. The van der Waals surface area contributed by atoms with Gasteiger partial charge in [-0.25, -0.2) is 0 Å². The number of rotatable bonds is 6. The molecule has 0 aliphatic heterocycles. The zero-order valence-electron chi connectivity index (χ0n) is 10.9. The molecule has 1 aliphatic carbocycles. The van der Waals surface area contributed by atoms with E-state index in [9.17, 15) is 5.11 Å². The highest BCUT2D eigenvalue weighted by Gasteiger charge is 2.20. The fourth-order valence-electron chi connectivity index (χ4n) is 2.26. The Kier molecular flexibility index (Phi) is 4.23. The fourth-order valence-corrected chi connectivity index (χ4v) is 3.49. The van der Waals surface area contributed by atoms with Crippen molar-refractivity contribution in [2.75, 3.05) is 13.2 Å². The number of aliphatic hydroxyl groups excluding tert-OH is 1. The molecule has 0 saturated heterocycles. The number of hydrogen-bond acceptors (Lipinski definition) is 3. The third kappa shape index (κ3) is 3.09. The second kappa shape index (κ2) is 5.51. The molecule has 1 unspecified atom stereocenters. The quantitative estimate of drug-likeness (QED) is 0.817. The van der Waals surface area contributed by atoms with Crippen LogP contribution in [0.1, 0.15) is 42.0 Å². The molecule has 1 aromatic rings. The average molecular weight is 253 g/mol. The zero-order valence-corrected chi connectivity index (χ0v) is 11.7. The van der Waals surface area contributed by atoms with Gasteiger partial charge in [-0.15, -0.1) is 11.3 Å². The number of nitrogens with one attached hydrogen (secondary N) is 1. The van der Waals surface area contributed by atoms with Crippen molar-refractivity contribution in [1.29, 1.82) is 0 Å². The second-order valence-electron chi connectivity index (χ2n) is 5.44. The summed E-state index contributed by atoms with van der Waals surface area (Å²) in [4.78, 5) is 3.05. The second-order valence-corrected chi connectivity index (χ2v) is 6.66. The maximum atomic E-state index is 9.34. The van der Waals surface area contributed by atoms with Crippen molar-refractivity contribution in [3.8, 4) is 0 Å². The number of fused-ring (bicyclic) bond motifs is 1. The Bertz CT molecular complexity index is 347. The van der Waals surface area contributed by atoms with E-state index in [1.165, 1.54) is 24.1 Å². The van der Waals surface area contributed by atoms with E-state index >= 15 is 0 Å². The van der Waals surface area contributed by atoms with Gasteiger partial charge in [-0.05, 0) is 37.3 Å². The van der Waals surface area contributed by atoms with Crippen molar-refractivity contribution < 1.29 is 5.11 Å². The van der Waals surface area contributed by atoms with Crippen LogP contribution in [0.4, 0.5) is 0 Å². The molecule has 1 heterocycles. The van der Waals surface area contributed by atoms with E-state index < -0.39 is 0 Å². The SMILES string of the molecule is CCC(C)(CO)CNCc1cc2c(s1)CCC2. The third-order valence-corrected chi connectivity index (χ3v) is 5.12. The Labute approximate surface area is 108 Å². The zero-order chi connectivity index (χ0) is 12.3. The molecular formula is C14H23NOS. The van der Waals surface area contributed by atoms with Gasteiger partial charge in [0, 0.05) is 34.9 Å². The summed E-state index contributed by atoms with van der Waals surface area (Å²) >= 11 is 1.96. The van der Waals surface area contributed by atoms with E-state index in [-0.39, 0.29) is 12.0 Å². The molecule has 0 amide bonds. The van der Waals surface area contributed by atoms with Crippen molar-refractivity contribution in [2.24, 2.45) is 5.41 Å². The molecule has 0 radical (unpaired) electrons. The average Bonchev–Trinajstić information content (AvgIpc) is 2.89. The standard InChI is InChI=1S/C14H23NOS/c1-3-14(2,10-16)9-15-8-12-7-11-5-4-6-13(11)17-12/h7,15-16H,3-6,8-10H2,1-2H3. The predicted molar refractivity (Wildman–Crippen MR) is 73.5 cm³/mol. The summed E-state index contributed by atoms with van der Waals surface area (Å²) in [5.41, 5.74) is 1.60. The molecule has 2 rings (SSSR count). The molecular weight excluding hydrogens is 230 g/mol. The van der Waals surface area contributed by atoms with Crippen LogP contribution in [-0.2, 0) is 19.4 Å². The Morgan fingerprint density at radius 2 is 2.29 bits per heavy atom. The minimum atomic E-state index is 0.0278. The van der Waals surface area contributed by atoms with Crippen molar-refractivity contribution >= 4 is 11.3 Å². The first-order chi connectivity index (χ1) is 8.17. The predicted octanol–water partition coefficient (Wildman–Crippen LogP) is 2.74. The molecule has 0 spiro atoms. The molecule has 0 aromatic carbocycles. The van der Waals surface area contributed by atoms with Crippen molar-refractivity contribution in [2.45, 2.75) is 46.1 Å².